The molecule has 0 saturated heterocycles. The SMILES string of the molecule is CCCn1c2c(=O)n(C)c(=O)n(C)c2n2c(-c3ccc(C)cc3)nnc12. The Morgan fingerprint density at radius 1 is 1.00 bits per heavy atom. The molecule has 0 N–H and O–H groups in total. The minimum atomic E-state index is -0.374. The van der Waals surface area contributed by atoms with Gasteiger partial charge in [0.05, 0.1) is 0 Å². The first-order chi connectivity index (χ1) is 12.5. The molecule has 0 bridgehead atoms. The molecule has 8 nitrogen and oxygen atoms in total. The summed E-state index contributed by atoms with van der Waals surface area (Å²) in [6, 6.07) is 7.93. The highest BCUT2D eigenvalue weighted by atomic mass is 16.2. The fraction of sp³-hybridized carbons (Fsp3) is 0.333. The molecule has 3 heterocycles. The lowest BCUT2D eigenvalue weighted by Gasteiger charge is -2.06. The summed E-state index contributed by atoms with van der Waals surface area (Å²) in [5.74, 6) is 1.18. The summed E-state index contributed by atoms with van der Waals surface area (Å²) < 4.78 is 6.27. The molecule has 3 aromatic heterocycles. The van der Waals surface area contributed by atoms with Crippen LogP contribution in [0.2, 0.25) is 0 Å². The van der Waals surface area contributed by atoms with Gasteiger partial charge in [-0.1, -0.05) is 36.8 Å². The normalized spacial score (nSPS) is 11.7. The van der Waals surface area contributed by atoms with Gasteiger partial charge in [-0.25, -0.2) is 9.20 Å². The molecule has 0 aliphatic heterocycles. The van der Waals surface area contributed by atoms with Gasteiger partial charge in [0.1, 0.15) is 0 Å². The number of fused-ring (bicyclic) bond motifs is 3. The molecule has 4 aromatic rings. The molecule has 0 saturated carbocycles. The number of hydrogen-bond acceptors (Lipinski definition) is 4. The summed E-state index contributed by atoms with van der Waals surface area (Å²) in [6.45, 7) is 4.67. The van der Waals surface area contributed by atoms with Gasteiger partial charge in [0, 0.05) is 26.2 Å². The van der Waals surface area contributed by atoms with Crippen LogP contribution in [0.5, 0.6) is 0 Å². The van der Waals surface area contributed by atoms with Crippen molar-refractivity contribution in [1.29, 1.82) is 0 Å². The van der Waals surface area contributed by atoms with Crippen molar-refractivity contribution in [3.05, 3.63) is 50.7 Å². The number of imidazole rings is 1. The Kier molecular flexibility index (Phi) is 3.57. The molecule has 0 fully saturated rings. The lowest BCUT2D eigenvalue weighted by atomic mass is 10.1. The number of aryl methyl sites for hydroxylation is 3. The van der Waals surface area contributed by atoms with E-state index in [0.29, 0.717) is 29.3 Å². The molecule has 0 amide bonds. The Bertz CT molecular complexity index is 1250. The zero-order valence-corrected chi connectivity index (χ0v) is 15.2. The Morgan fingerprint density at radius 3 is 2.35 bits per heavy atom. The van der Waals surface area contributed by atoms with Gasteiger partial charge in [0.15, 0.2) is 17.0 Å². The predicted molar refractivity (Wildman–Crippen MR) is 99.4 cm³/mol. The van der Waals surface area contributed by atoms with Gasteiger partial charge in [-0.05, 0) is 13.3 Å². The van der Waals surface area contributed by atoms with Crippen LogP contribution in [0.3, 0.4) is 0 Å². The van der Waals surface area contributed by atoms with Crippen molar-refractivity contribution in [3.8, 4) is 11.4 Å². The third kappa shape index (κ3) is 2.08. The van der Waals surface area contributed by atoms with Crippen molar-refractivity contribution in [2.45, 2.75) is 26.8 Å². The number of nitrogens with zero attached hydrogens (tertiary/aromatic N) is 6. The van der Waals surface area contributed by atoms with Gasteiger partial charge >= 0.3 is 5.69 Å². The van der Waals surface area contributed by atoms with Crippen LogP contribution in [-0.2, 0) is 20.6 Å². The first-order valence-corrected chi connectivity index (χ1v) is 8.56. The van der Waals surface area contributed by atoms with Crippen molar-refractivity contribution >= 4 is 16.9 Å². The highest BCUT2D eigenvalue weighted by Gasteiger charge is 2.23. The highest BCUT2D eigenvalue weighted by molar-refractivity contribution is 5.79. The van der Waals surface area contributed by atoms with Crippen LogP contribution in [0, 0.1) is 6.92 Å². The second-order valence-corrected chi connectivity index (χ2v) is 6.55. The topological polar surface area (TPSA) is 79.1 Å². The fourth-order valence-corrected chi connectivity index (χ4v) is 3.38. The highest BCUT2D eigenvalue weighted by Crippen LogP contribution is 2.24. The summed E-state index contributed by atoms with van der Waals surface area (Å²) in [5, 5.41) is 8.67. The third-order valence-corrected chi connectivity index (χ3v) is 4.74. The lowest BCUT2D eigenvalue weighted by molar-refractivity contribution is 0.681. The minimum absolute atomic E-state index is 0.322. The van der Waals surface area contributed by atoms with Crippen LogP contribution < -0.4 is 11.2 Å². The zero-order valence-electron chi connectivity index (χ0n) is 15.2. The van der Waals surface area contributed by atoms with Crippen molar-refractivity contribution < 1.29 is 0 Å². The van der Waals surface area contributed by atoms with E-state index in [1.165, 1.54) is 11.6 Å². The quantitative estimate of drug-likeness (QED) is 0.559. The predicted octanol–water partition coefficient (Wildman–Crippen LogP) is 1.47. The molecular formula is C18H20N6O2. The summed E-state index contributed by atoms with van der Waals surface area (Å²) >= 11 is 0. The first-order valence-electron chi connectivity index (χ1n) is 8.56. The molecule has 0 aliphatic rings. The first kappa shape index (κ1) is 16.3. The molecule has 0 aliphatic carbocycles. The van der Waals surface area contributed by atoms with E-state index in [9.17, 15) is 9.59 Å². The summed E-state index contributed by atoms with van der Waals surface area (Å²) in [6.07, 6.45) is 0.832. The van der Waals surface area contributed by atoms with E-state index in [4.69, 9.17) is 0 Å². The molecule has 4 rings (SSSR count). The van der Waals surface area contributed by atoms with E-state index in [-0.39, 0.29) is 11.2 Å². The van der Waals surface area contributed by atoms with Gasteiger partial charge < -0.3 is 4.57 Å². The fourth-order valence-electron chi connectivity index (χ4n) is 3.38. The van der Waals surface area contributed by atoms with Crippen molar-refractivity contribution in [3.63, 3.8) is 0 Å². The Hall–Kier alpha value is -3.16. The maximum atomic E-state index is 12.8. The smallest absolute Gasteiger partial charge is 0.302 e. The van der Waals surface area contributed by atoms with E-state index in [1.54, 1.807) is 11.4 Å². The molecular weight excluding hydrogens is 332 g/mol. The monoisotopic (exact) mass is 352 g/mol. The Morgan fingerprint density at radius 2 is 1.69 bits per heavy atom. The maximum Gasteiger partial charge on any atom is 0.332 e. The van der Waals surface area contributed by atoms with Gasteiger partial charge in [-0.15, -0.1) is 10.2 Å². The minimum Gasteiger partial charge on any atom is -0.302 e. The zero-order chi connectivity index (χ0) is 18.6. The van der Waals surface area contributed by atoms with E-state index in [0.717, 1.165) is 22.1 Å². The van der Waals surface area contributed by atoms with Gasteiger partial charge in [0.2, 0.25) is 5.78 Å². The lowest BCUT2D eigenvalue weighted by Crippen LogP contribution is -2.37. The number of aromatic nitrogens is 6. The summed E-state index contributed by atoms with van der Waals surface area (Å²) in [7, 11) is 3.16. The molecule has 26 heavy (non-hydrogen) atoms. The van der Waals surface area contributed by atoms with Crippen molar-refractivity contribution in [2.75, 3.05) is 0 Å². The van der Waals surface area contributed by atoms with Crippen molar-refractivity contribution in [2.24, 2.45) is 14.1 Å². The molecule has 1 aromatic carbocycles. The Labute approximate surface area is 148 Å². The second kappa shape index (κ2) is 5.69. The van der Waals surface area contributed by atoms with Crippen LogP contribution >= 0.6 is 0 Å². The van der Waals surface area contributed by atoms with E-state index < -0.39 is 0 Å². The van der Waals surface area contributed by atoms with E-state index in [2.05, 4.69) is 10.2 Å². The summed E-state index contributed by atoms with van der Waals surface area (Å²) in [5.41, 5.74) is 2.31. The number of hydrogen-bond donors (Lipinski definition) is 0. The van der Waals surface area contributed by atoms with Crippen LogP contribution in [0.4, 0.5) is 0 Å². The number of rotatable bonds is 3. The largest absolute Gasteiger partial charge is 0.332 e. The Balaban J connectivity index is 2.23. The van der Waals surface area contributed by atoms with E-state index >= 15 is 0 Å². The average Bonchev–Trinajstić information content (AvgIpc) is 3.18. The van der Waals surface area contributed by atoms with Crippen LogP contribution in [0.1, 0.15) is 18.9 Å². The molecule has 0 spiro atoms. The van der Waals surface area contributed by atoms with Gasteiger partial charge in [0.25, 0.3) is 5.56 Å². The van der Waals surface area contributed by atoms with Gasteiger partial charge in [-0.3, -0.25) is 13.9 Å². The second-order valence-electron chi connectivity index (χ2n) is 6.55. The number of benzene rings is 1. The third-order valence-electron chi connectivity index (χ3n) is 4.74. The van der Waals surface area contributed by atoms with Crippen LogP contribution in [0.25, 0.3) is 28.3 Å². The van der Waals surface area contributed by atoms with Crippen LogP contribution in [-0.4, -0.2) is 28.3 Å². The van der Waals surface area contributed by atoms with Crippen LogP contribution in [0.15, 0.2) is 33.9 Å². The summed E-state index contributed by atoms with van der Waals surface area (Å²) in [4.78, 5) is 25.3. The van der Waals surface area contributed by atoms with Crippen molar-refractivity contribution in [1.82, 2.24) is 28.3 Å². The molecule has 0 radical (unpaired) electrons. The molecule has 8 heteroatoms. The average molecular weight is 352 g/mol. The molecule has 134 valence electrons. The molecule has 0 atom stereocenters. The maximum absolute atomic E-state index is 12.8. The van der Waals surface area contributed by atoms with E-state index in [1.807, 2.05) is 42.7 Å². The molecule has 0 unspecified atom stereocenters. The van der Waals surface area contributed by atoms with Gasteiger partial charge in [-0.2, -0.15) is 0 Å². The standard InChI is InChI=1S/C18H20N6O2/c1-5-10-23-13-15(21(3)18(26)22(4)16(13)25)24-14(19-20-17(23)24)12-8-6-11(2)7-9-12/h6-9H,5,10H2,1-4H3.